The first kappa shape index (κ1) is 13.4. The molecule has 1 atom stereocenters. The van der Waals surface area contributed by atoms with Crippen molar-refractivity contribution in [3.63, 3.8) is 0 Å². The highest BCUT2D eigenvalue weighted by atomic mass is 16.1. The Morgan fingerprint density at radius 2 is 1.79 bits per heavy atom. The van der Waals surface area contributed by atoms with E-state index in [1.165, 1.54) is 5.57 Å². The van der Waals surface area contributed by atoms with Gasteiger partial charge < -0.3 is 4.79 Å². The van der Waals surface area contributed by atoms with Crippen LogP contribution in [0.25, 0.3) is 0 Å². The van der Waals surface area contributed by atoms with Crippen LogP contribution in [0.4, 0.5) is 0 Å². The van der Waals surface area contributed by atoms with Crippen molar-refractivity contribution in [1.29, 1.82) is 0 Å². The van der Waals surface area contributed by atoms with E-state index >= 15 is 0 Å². The predicted molar refractivity (Wildman–Crippen MR) is 62.3 cm³/mol. The van der Waals surface area contributed by atoms with Gasteiger partial charge in [0.05, 0.1) is 0 Å². The van der Waals surface area contributed by atoms with Crippen LogP contribution < -0.4 is 0 Å². The zero-order valence-corrected chi connectivity index (χ0v) is 10.3. The highest BCUT2D eigenvalue weighted by molar-refractivity contribution is 5.75. The molecule has 82 valence electrons. The van der Waals surface area contributed by atoms with Gasteiger partial charge in [-0.1, -0.05) is 25.5 Å². The van der Waals surface area contributed by atoms with Crippen molar-refractivity contribution in [3.8, 4) is 0 Å². The monoisotopic (exact) mass is 196 g/mol. The van der Waals surface area contributed by atoms with Gasteiger partial charge in [0.1, 0.15) is 5.78 Å². The number of Topliss-reactive ketones (excluding diaryl/α,β-unsaturated/α-hetero) is 1. The van der Waals surface area contributed by atoms with Crippen molar-refractivity contribution < 1.29 is 4.79 Å². The van der Waals surface area contributed by atoms with Crippen molar-refractivity contribution in [2.45, 2.75) is 53.9 Å². The van der Waals surface area contributed by atoms with Gasteiger partial charge in [0.15, 0.2) is 0 Å². The number of allylic oxidation sites excluding steroid dienone is 2. The molecule has 0 saturated carbocycles. The van der Waals surface area contributed by atoms with Gasteiger partial charge in [-0.25, -0.2) is 0 Å². The first-order chi connectivity index (χ1) is 6.43. The maximum Gasteiger partial charge on any atom is 0.129 e. The van der Waals surface area contributed by atoms with Crippen LogP contribution in [0.5, 0.6) is 0 Å². The van der Waals surface area contributed by atoms with Crippen LogP contribution in [0.15, 0.2) is 11.6 Å². The third-order valence-electron chi connectivity index (χ3n) is 2.64. The normalized spacial score (nSPS) is 12.7. The van der Waals surface area contributed by atoms with E-state index in [9.17, 15) is 4.79 Å². The van der Waals surface area contributed by atoms with Gasteiger partial charge in [0, 0.05) is 6.42 Å². The summed E-state index contributed by atoms with van der Waals surface area (Å²) in [4.78, 5) is 10.9. The summed E-state index contributed by atoms with van der Waals surface area (Å²) in [5.41, 5.74) is 1.37. The Balaban J connectivity index is 4.03. The largest absolute Gasteiger partial charge is 0.300 e. The average molecular weight is 196 g/mol. The SMILES string of the molecule is CC(=O)CC[C@H](CC=C(C)C)C(C)C. The molecule has 14 heavy (non-hydrogen) atoms. The number of ketones is 1. The average Bonchev–Trinajstić information content (AvgIpc) is 2.02. The van der Waals surface area contributed by atoms with E-state index in [0.717, 1.165) is 19.3 Å². The Hall–Kier alpha value is -0.590. The first-order valence-electron chi connectivity index (χ1n) is 5.56. The molecule has 0 spiro atoms. The summed E-state index contributed by atoms with van der Waals surface area (Å²) >= 11 is 0. The fraction of sp³-hybridized carbons (Fsp3) is 0.769. The number of carbonyl (C=O) groups excluding carboxylic acids is 1. The number of rotatable bonds is 6. The number of hydrogen-bond acceptors (Lipinski definition) is 1. The van der Waals surface area contributed by atoms with E-state index in [2.05, 4.69) is 33.8 Å². The van der Waals surface area contributed by atoms with Crippen molar-refractivity contribution >= 4 is 5.78 Å². The molecule has 0 aromatic carbocycles. The minimum Gasteiger partial charge on any atom is -0.300 e. The predicted octanol–water partition coefficient (Wildman–Crippen LogP) is 3.98. The van der Waals surface area contributed by atoms with Gasteiger partial charge in [-0.05, 0) is 45.4 Å². The molecule has 0 aromatic heterocycles. The molecular formula is C13H24O. The highest BCUT2D eigenvalue weighted by Gasteiger charge is 2.12. The van der Waals surface area contributed by atoms with Gasteiger partial charge >= 0.3 is 0 Å². The summed E-state index contributed by atoms with van der Waals surface area (Å²) in [5.74, 6) is 1.64. The van der Waals surface area contributed by atoms with E-state index in [4.69, 9.17) is 0 Å². The summed E-state index contributed by atoms with van der Waals surface area (Å²) in [6, 6.07) is 0. The quantitative estimate of drug-likeness (QED) is 0.587. The zero-order chi connectivity index (χ0) is 11.1. The molecule has 0 heterocycles. The van der Waals surface area contributed by atoms with E-state index in [1.54, 1.807) is 6.92 Å². The molecule has 0 aliphatic carbocycles. The summed E-state index contributed by atoms with van der Waals surface area (Å²) in [6.07, 6.45) is 5.17. The minimum absolute atomic E-state index is 0.313. The topological polar surface area (TPSA) is 17.1 Å². The molecule has 0 rings (SSSR count). The van der Waals surface area contributed by atoms with E-state index in [1.807, 2.05) is 0 Å². The van der Waals surface area contributed by atoms with E-state index in [0.29, 0.717) is 17.6 Å². The van der Waals surface area contributed by atoms with Crippen molar-refractivity contribution in [3.05, 3.63) is 11.6 Å². The smallest absolute Gasteiger partial charge is 0.129 e. The van der Waals surface area contributed by atoms with Crippen LogP contribution in [-0.2, 0) is 4.79 Å². The van der Waals surface area contributed by atoms with Gasteiger partial charge in [-0.2, -0.15) is 0 Å². The molecule has 0 saturated heterocycles. The lowest BCUT2D eigenvalue weighted by atomic mass is 9.87. The van der Waals surface area contributed by atoms with Crippen LogP contribution in [0.3, 0.4) is 0 Å². The molecule has 0 unspecified atom stereocenters. The van der Waals surface area contributed by atoms with Crippen LogP contribution in [0.1, 0.15) is 53.9 Å². The lowest BCUT2D eigenvalue weighted by molar-refractivity contribution is -0.117. The maximum absolute atomic E-state index is 10.9. The fourth-order valence-electron chi connectivity index (χ4n) is 1.50. The van der Waals surface area contributed by atoms with Gasteiger partial charge in [0.2, 0.25) is 0 Å². The van der Waals surface area contributed by atoms with Gasteiger partial charge in [-0.3, -0.25) is 0 Å². The molecule has 0 aliphatic rings. The molecule has 0 amide bonds. The van der Waals surface area contributed by atoms with Crippen LogP contribution in [-0.4, -0.2) is 5.78 Å². The minimum atomic E-state index is 0.313. The molecule has 1 heteroatoms. The van der Waals surface area contributed by atoms with Crippen molar-refractivity contribution in [2.24, 2.45) is 11.8 Å². The van der Waals surface area contributed by atoms with Crippen molar-refractivity contribution in [1.82, 2.24) is 0 Å². The Kier molecular flexibility index (Phi) is 6.52. The lowest BCUT2D eigenvalue weighted by Crippen LogP contribution is -2.09. The van der Waals surface area contributed by atoms with Gasteiger partial charge in [-0.15, -0.1) is 0 Å². The molecule has 1 nitrogen and oxygen atoms in total. The Morgan fingerprint density at radius 3 is 2.14 bits per heavy atom. The summed E-state index contributed by atoms with van der Waals surface area (Å²) in [6.45, 7) is 10.4. The fourth-order valence-corrected chi connectivity index (χ4v) is 1.50. The lowest BCUT2D eigenvalue weighted by Gasteiger charge is -2.18. The number of carbonyl (C=O) groups is 1. The molecule has 0 N–H and O–H groups in total. The third-order valence-corrected chi connectivity index (χ3v) is 2.64. The second kappa shape index (κ2) is 6.80. The zero-order valence-electron chi connectivity index (χ0n) is 10.3. The number of hydrogen-bond donors (Lipinski definition) is 0. The van der Waals surface area contributed by atoms with E-state index in [-0.39, 0.29) is 0 Å². The second-order valence-electron chi connectivity index (χ2n) is 4.76. The third kappa shape index (κ3) is 6.88. The Labute approximate surface area is 88.6 Å². The van der Waals surface area contributed by atoms with E-state index < -0.39 is 0 Å². The molecule has 0 aromatic rings. The van der Waals surface area contributed by atoms with Crippen molar-refractivity contribution in [2.75, 3.05) is 0 Å². The first-order valence-corrected chi connectivity index (χ1v) is 5.56. The molecule has 0 fully saturated rings. The molecule has 0 aliphatic heterocycles. The van der Waals surface area contributed by atoms with Crippen LogP contribution in [0.2, 0.25) is 0 Å². The second-order valence-corrected chi connectivity index (χ2v) is 4.76. The summed E-state index contributed by atoms with van der Waals surface area (Å²) in [7, 11) is 0. The molecular weight excluding hydrogens is 172 g/mol. The molecule has 0 bridgehead atoms. The standard InChI is InChI=1S/C13H24O/c1-10(2)6-8-13(11(3)4)9-7-12(5)14/h6,11,13H,7-9H2,1-5H3/t13-/m0/s1. The highest BCUT2D eigenvalue weighted by Crippen LogP contribution is 2.22. The van der Waals surface area contributed by atoms with Crippen LogP contribution >= 0.6 is 0 Å². The molecule has 0 radical (unpaired) electrons. The van der Waals surface area contributed by atoms with Crippen LogP contribution in [0, 0.1) is 11.8 Å². The Morgan fingerprint density at radius 1 is 1.21 bits per heavy atom. The summed E-state index contributed by atoms with van der Waals surface area (Å²) < 4.78 is 0. The Bertz CT molecular complexity index is 197. The summed E-state index contributed by atoms with van der Waals surface area (Å²) in [5, 5.41) is 0. The van der Waals surface area contributed by atoms with Gasteiger partial charge in [0.25, 0.3) is 0 Å². The maximum atomic E-state index is 10.9.